The van der Waals surface area contributed by atoms with Gasteiger partial charge in [0.1, 0.15) is 6.29 Å². The number of carbonyl (C=O) groups excluding carboxylic acids is 2. The molecule has 17 heavy (non-hydrogen) atoms. The Bertz CT molecular complexity index is 244. The Morgan fingerprint density at radius 3 is 2.35 bits per heavy atom. The van der Waals surface area contributed by atoms with E-state index in [0.717, 1.165) is 25.7 Å². The monoisotopic (exact) mass is 243 g/mol. The molecule has 0 aromatic rings. The molecule has 1 amide bonds. The van der Waals surface area contributed by atoms with Crippen LogP contribution >= 0.6 is 0 Å². The van der Waals surface area contributed by atoms with Gasteiger partial charge in [-0.15, -0.1) is 0 Å². The number of likely N-dealkylation sites (tertiary alicyclic amines) is 1. The van der Waals surface area contributed by atoms with Crippen LogP contribution in [0.25, 0.3) is 0 Å². The van der Waals surface area contributed by atoms with E-state index in [2.05, 4.69) is 10.2 Å². The predicted octanol–water partition coefficient (Wildman–Crippen LogP) is -0.00480. The average molecular weight is 243 g/mol. The smallest absolute Gasteiger partial charge is 0.237 e. The van der Waals surface area contributed by atoms with Crippen molar-refractivity contribution in [2.75, 3.05) is 20.6 Å². The van der Waals surface area contributed by atoms with Gasteiger partial charge in [-0.05, 0) is 32.4 Å². The maximum absolute atomic E-state index is 11.1. The van der Waals surface area contributed by atoms with E-state index in [1.807, 2.05) is 20.9 Å². The predicted molar refractivity (Wildman–Crippen MR) is 68.6 cm³/mol. The first-order chi connectivity index (χ1) is 7.93. The Balaban J connectivity index is 0.000000325. The largest absolute Gasteiger partial charge is 0.358 e. The summed E-state index contributed by atoms with van der Waals surface area (Å²) < 4.78 is 0. The van der Waals surface area contributed by atoms with Crippen LogP contribution in [0.5, 0.6) is 0 Å². The first-order valence-electron chi connectivity index (χ1n) is 6.06. The fraction of sp³-hybridized carbons (Fsp3) is 0.833. The van der Waals surface area contributed by atoms with E-state index in [1.165, 1.54) is 0 Å². The van der Waals surface area contributed by atoms with Crippen LogP contribution in [0, 0.1) is 5.92 Å². The van der Waals surface area contributed by atoms with Gasteiger partial charge >= 0.3 is 0 Å². The van der Waals surface area contributed by atoms with Crippen molar-refractivity contribution in [1.29, 1.82) is 0 Å². The Morgan fingerprint density at radius 1 is 1.53 bits per heavy atom. The van der Waals surface area contributed by atoms with Crippen molar-refractivity contribution in [3.05, 3.63) is 0 Å². The highest BCUT2D eigenvalue weighted by molar-refractivity contribution is 5.81. The molecule has 2 unspecified atom stereocenters. The van der Waals surface area contributed by atoms with Crippen LogP contribution in [0.1, 0.15) is 26.7 Å². The van der Waals surface area contributed by atoms with Gasteiger partial charge in [-0.2, -0.15) is 0 Å². The van der Waals surface area contributed by atoms with Gasteiger partial charge in [0.2, 0.25) is 5.91 Å². The van der Waals surface area contributed by atoms with E-state index < -0.39 is 0 Å². The number of nitrogens with one attached hydrogen (secondary N) is 1. The first-order valence-corrected chi connectivity index (χ1v) is 6.06. The lowest BCUT2D eigenvalue weighted by atomic mass is 10.1. The SMILES string of the molecule is CC(C)C(N)C=O.CNC(=O)C1CCCN1C. The molecule has 2 atom stereocenters. The molecular weight excluding hydrogens is 218 g/mol. The fourth-order valence-corrected chi connectivity index (χ4v) is 1.57. The van der Waals surface area contributed by atoms with Gasteiger partial charge < -0.3 is 15.8 Å². The number of hydrogen-bond donors (Lipinski definition) is 2. The molecule has 0 bridgehead atoms. The van der Waals surface area contributed by atoms with Crippen LogP contribution in [0.4, 0.5) is 0 Å². The van der Waals surface area contributed by atoms with Gasteiger partial charge in [-0.1, -0.05) is 13.8 Å². The lowest BCUT2D eigenvalue weighted by Crippen LogP contribution is -2.39. The maximum Gasteiger partial charge on any atom is 0.237 e. The standard InChI is InChI=1S/C7H14N2O.C5H11NO/c1-8-7(10)6-4-3-5-9(6)2;1-4(2)5(6)3-7/h6H,3-5H2,1-2H3,(H,8,10);3-5H,6H2,1-2H3. The van der Waals surface area contributed by atoms with Gasteiger partial charge in [0.05, 0.1) is 12.1 Å². The molecule has 1 fully saturated rings. The van der Waals surface area contributed by atoms with Crippen molar-refractivity contribution >= 4 is 12.2 Å². The first kappa shape index (κ1) is 16.1. The lowest BCUT2D eigenvalue weighted by molar-refractivity contribution is -0.124. The van der Waals surface area contributed by atoms with E-state index >= 15 is 0 Å². The number of hydrogen-bond acceptors (Lipinski definition) is 4. The van der Waals surface area contributed by atoms with Crippen molar-refractivity contribution in [2.24, 2.45) is 11.7 Å². The second-order valence-corrected chi connectivity index (χ2v) is 4.71. The third-order valence-corrected chi connectivity index (χ3v) is 3.00. The summed E-state index contributed by atoms with van der Waals surface area (Å²) in [7, 11) is 3.68. The third-order valence-electron chi connectivity index (χ3n) is 3.00. The highest BCUT2D eigenvalue weighted by Gasteiger charge is 2.26. The van der Waals surface area contributed by atoms with E-state index in [4.69, 9.17) is 5.73 Å². The topological polar surface area (TPSA) is 75.4 Å². The van der Waals surface area contributed by atoms with Crippen LogP contribution in [0.15, 0.2) is 0 Å². The number of amides is 1. The zero-order valence-corrected chi connectivity index (χ0v) is 11.3. The van der Waals surface area contributed by atoms with E-state index in [0.29, 0.717) is 0 Å². The van der Waals surface area contributed by atoms with Gasteiger partial charge in [-0.3, -0.25) is 9.69 Å². The van der Waals surface area contributed by atoms with Gasteiger partial charge in [0.25, 0.3) is 0 Å². The molecule has 0 aliphatic carbocycles. The zero-order chi connectivity index (χ0) is 13.4. The Morgan fingerprint density at radius 2 is 2.12 bits per heavy atom. The van der Waals surface area contributed by atoms with Crippen molar-refractivity contribution in [3.63, 3.8) is 0 Å². The summed E-state index contributed by atoms with van der Waals surface area (Å²) in [6.45, 7) is 4.89. The molecule has 1 aliphatic heterocycles. The van der Waals surface area contributed by atoms with E-state index in [9.17, 15) is 9.59 Å². The third kappa shape index (κ3) is 5.79. The molecule has 0 aromatic heterocycles. The quantitative estimate of drug-likeness (QED) is 0.684. The molecule has 5 nitrogen and oxygen atoms in total. The minimum absolute atomic E-state index is 0.130. The summed E-state index contributed by atoms with van der Waals surface area (Å²) in [6, 6.07) is -0.148. The Kier molecular flexibility index (Phi) is 7.74. The van der Waals surface area contributed by atoms with Crippen molar-refractivity contribution in [3.8, 4) is 0 Å². The second-order valence-electron chi connectivity index (χ2n) is 4.71. The Labute approximate surface area is 104 Å². The molecule has 1 heterocycles. The van der Waals surface area contributed by atoms with Gasteiger partial charge in [0.15, 0.2) is 0 Å². The fourth-order valence-electron chi connectivity index (χ4n) is 1.57. The van der Waals surface area contributed by atoms with Crippen LogP contribution in [-0.4, -0.2) is 49.8 Å². The van der Waals surface area contributed by atoms with E-state index in [-0.39, 0.29) is 23.9 Å². The normalized spacial score (nSPS) is 21.6. The van der Waals surface area contributed by atoms with Crippen molar-refractivity contribution in [1.82, 2.24) is 10.2 Å². The number of carbonyl (C=O) groups is 2. The summed E-state index contributed by atoms with van der Waals surface area (Å²) in [6.07, 6.45) is 2.93. The molecule has 3 N–H and O–H groups in total. The Hall–Kier alpha value is -0.940. The zero-order valence-electron chi connectivity index (χ0n) is 11.3. The number of nitrogens with two attached hydrogens (primary N) is 1. The van der Waals surface area contributed by atoms with Crippen LogP contribution in [0.3, 0.4) is 0 Å². The molecule has 0 spiro atoms. The lowest BCUT2D eigenvalue weighted by Gasteiger charge is -2.16. The molecule has 1 saturated heterocycles. The number of nitrogens with zero attached hydrogens (tertiary/aromatic N) is 1. The summed E-state index contributed by atoms with van der Waals surface area (Å²) in [5.41, 5.74) is 5.25. The maximum atomic E-state index is 11.1. The average Bonchev–Trinajstić information content (AvgIpc) is 2.74. The highest BCUT2D eigenvalue weighted by Crippen LogP contribution is 2.13. The molecule has 100 valence electrons. The van der Waals surface area contributed by atoms with Gasteiger partial charge in [0, 0.05) is 7.05 Å². The molecule has 1 aliphatic rings. The molecular formula is C12H25N3O2. The van der Waals surface area contributed by atoms with Crippen LogP contribution in [0.2, 0.25) is 0 Å². The molecule has 5 heteroatoms. The number of rotatable bonds is 3. The molecule has 0 saturated carbocycles. The van der Waals surface area contributed by atoms with Crippen molar-refractivity contribution in [2.45, 2.75) is 38.8 Å². The number of aldehydes is 1. The summed E-state index contributed by atoms with van der Waals surface area (Å²) in [5, 5.41) is 2.66. The van der Waals surface area contributed by atoms with Crippen molar-refractivity contribution < 1.29 is 9.59 Å². The second kappa shape index (κ2) is 8.20. The number of likely N-dealkylation sites (N-methyl/N-ethyl adjacent to an activating group) is 2. The molecule has 0 aromatic carbocycles. The minimum atomic E-state index is -0.278. The van der Waals surface area contributed by atoms with Gasteiger partial charge in [-0.25, -0.2) is 0 Å². The molecule has 0 radical (unpaired) electrons. The van der Waals surface area contributed by atoms with E-state index in [1.54, 1.807) is 7.05 Å². The minimum Gasteiger partial charge on any atom is -0.358 e. The van der Waals surface area contributed by atoms with Crippen LogP contribution < -0.4 is 11.1 Å². The molecule has 1 rings (SSSR count). The summed E-state index contributed by atoms with van der Waals surface area (Å²) in [4.78, 5) is 23.0. The summed E-state index contributed by atoms with van der Waals surface area (Å²) in [5.74, 6) is 0.428. The van der Waals surface area contributed by atoms with Crippen LogP contribution in [-0.2, 0) is 9.59 Å². The summed E-state index contributed by atoms with van der Waals surface area (Å²) >= 11 is 0. The highest BCUT2D eigenvalue weighted by atomic mass is 16.2.